The van der Waals surface area contributed by atoms with Gasteiger partial charge in [0, 0.05) is 32.7 Å². The molecule has 0 heterocycles. The van der Waals surface area contributed by atoms with Gasteiger partial charge in [0.05, 0.1) is 0 Å². The summed E-state index contributed by atoms with van der Waals surface area (Å²) in [5.74, 6) is 0. The van der Waals surface area contributed by atoms with Crippen molar-refractivity contribution in [1.29, 1.82) is 0 Å². The number of fused-ring (bicyclic) bond motifs is 17. The van der Waals surface area contributed by atoms with Crippen LogP contribution in [0.4, 0.5) is 0 Å². The molecule has 0 atom stereocenters. The summed E-state index contributed by atoms with van der Waals surface area (Å²) in [5, 5.41) is 0. The second-order valence-corrected chi connectivity index (χ2v) is 20.6. The molecule has 0 aromatic heterocycles. The summed E-state index contributed by atoms with van der Waals surface area (Å²) < 4.78 is 0. The second-order valence-electron chi connectivity index (χ2n) is 20.6. The van der Waals surface area contributed by atoms with Crippen LogP contribution in [0, 0.1) is 48.5 Å². The molecule has 0 amide bonds. The van der Waals surface area contributed by atoms with Crippen LogP contribution in [0.15, 0.2) is 218 Å². The fourth-order valence-corrected chi connectivity index (χ4v) is 12.6. The first-order valence-electron chi connectivity index (χ1n) is 38.7. The Morgan fingerprint density at radius 2 is 0.457 bits per heavy atom. The first-order chi connectivity index (χ1) is 50.2. The van der Waals surface area contributed by atoms with Gasteiger partial charge >= 0.3 is 58.2 Å². The van der Waals surface area contributed by atoms with Crippen LogP contribution in [0.3, 0.4) is 0 Å². The molecule has 0 nitrogen and oxygen atoms in total. The molecule has 0 N–H and O–H groups in total. The molecule has 12 aromatic rings. The normalized spacial score (nSPS) is 9.98. The van der Waals surface area contributed by atoms with Crippen LogP contribution in [0.1, 0.15) is 222 Å². The summed E-state index contributed by atoms with van der Waals surface area (Å²) in [4.78, 5) is 0. The molecule has 105 heavy (non-hydrogen) atoms. The molecule has 17 rings (SSSR count). The van der Waals surface area contributed by atoms with E-state index in [0.29, 0.717) is 0 Å². The van der Waals surface area contributed by atoms with Gasteiger partial charge in [0.15, 0.2) is 0 Å². The van der Waals surface area contributed by atoms with E-state index < -0.39 is 0 Å². The summed E-state index contributed by atoms with van der Waals surface area (Å²) in [5.41, 5.74) is 36.4. The zero-order valence-electron chi connectivity index (χ0n) is 68.2. The summed E-state index contributed by atoms with van der Waals surface area (Å²) >= 11 is 0. The third kappa shape index (κ3) is 24.6. The minimum atomic E-state index is 0. The average molecular weight is 1710 g/mol. The molecule has 0 aliphatic heterocycles. The summed E-state index contributed by atoms with van der Waals surface area (Å²) in [6, 6.07) is 105. The minimum absolute atomic E-state index is 0. The van der Waals surface area contributed by atoms with E-state index in [2.05, 4.69) is 206 Å². The Balaban J connectivity index is 0. The van der Waals surface area contributed by atoms with Crippen molar-refractivity contribution in [2.75, 3.05) is 0 Å². The van der Waals surface area contributed by atoms with Gasteiger partial charge in [0.2, 0.25) is 0 Å². The monoisotopic (exact) mass is 1710 g/mol. The smallest absolute Gasteiger partial charge is 0.226 e. The predicted octanol–water partition coefficient (Wildman–Crippen LogP) is 30.3. The first kappa shape index (κ1) is 101. The Bertz CT molecular complexity index is 4190. The zero-order chi connectivity index (χ0) is 74.8. The average Bonchev–Trinajstić information content (AvgIpc) is 1.58. The van der Waals surface area contributed by atoms with Gasteiger partial charge in [0.25, 0.3) is 0 Å². The van der Waals surface area contributed by atoms with Crippen LogP contribution in [0.5, 0.6) is 0 Å². The van der Waals surface area contributed by atoms with E-state index in [4.69, 9.17) is 0 Å². The summed E-state index contributed by atoms with van der Waals surface area (Å²) in [6.45, 7) is 48.0. The maximum Gasteiger partial charge on any atom is 2.00 e. The quantitative estimate of drug-likeness (QED) is 0.154. The standard InChI is InChI=1S/2C26H16.C25H14.12C2H6.2V.W.Y/c1-2-7-17(8-3-1)22-12-6-10-19-16-21-14-13-20-15-18-9-4-5-11-23(18)25(20)26(21)24(19)22;1-2-6-17(7-3-1)18-10-11-20-15-22-13-12-21-14-19-8-4-5-9-23(19)25(21)26(22)24(20)16-18;1-3-7-18(8-4-1)20-11-13-22-15-23-14-12-21(17-25(23)24(22)16-20)19-9-5-2-6-10-19;12*1-2;;;;/h1-7,9-11,13-14H,15-16H2;1-6,8-13H,14-15H2;1-7,9,11-14H,15H2;12*1-2H3;;;;/q2*-2;-4;;;;;;;;;;;;;3*+2;. The van der Waals surface area contributed by atoms with Gasteiger partial charge in [-0.25, -0.2) is 51.1 Å². The Kier molecular flexibility index (Phi) is 54.5. The van der Waals surface area contributed by atoms with E-state index in [1.54, 1.807) is 0 Å². The number of rotatable bonds is 4. The number of hydrogen-bond acceptors (Lipinski definition) is 0. The molecule has 5 aliphatic carbocycles. The Hall–Kier alpha value is -6.40. The van der Waals surface area contributed by atoms with E-state index in [1.807, 2.05) is 227 Å². The molecular weight excluding hydrogens is 1590 g/mol. The van der Waals surface area contributed by atoms with Crippen LogP contribution in [0.25, 0.3) is 100 Å². The van der Waals surface area contributed by atoms with Gasteiger partial charge in [-0.05, 0) is 75.8 Å². The van der Waals surface area contributed by atoms with Crippen molar-refractivity contribution in [2.24, 2.45) is 0 Å². The van der Waals surface area contributed by atoms with E-state index in [9.17, 15) is 0 Å². The van der Waals surface area contributed by atoms with Crippen LogP contribution in [-0.2, 0) is 123 Å². The Morgan fingerprint density at radius 3 is 0.829 bits per heavy atom. The third-order valence-electron chi connectivity index (χ3n) is 16.1. The van der Waals surface area contributed by atoms with Gasteiger partial charge < -0.3 is 0 Å². The van der Waals surface area contributed by atoms with E-state index in [0.717, 1.165) is 71.0 Å². The van der Waals surface area contributed by atoms with Gasteiger partial charge in [-0.2, -0.15) is 150 Å². The van der Waals surface area contributed by atoms with Crippen LogP contribution < -0.4 is 0 Å². The SMILES string of the molecule is CC.CC.CC.CC.CC.CC.CC.CC.CC.CC.CC.CC.[V+2].[V+2].[W+2].[Y].[c-]1ccccc1-c1[c-]c2c(cc1)Cc1ccc(-c3[c-]cccc3)[c-]c1-2.[c-]1ccccc1-c1[c-]c2c(cc1)Cc1ccc3c(c1-2)-c1ccccc1C3.[c-]1ccccc1-c1[c-]ccc2c1-c1c(ccc3c1-c1ccccc1C3)C2. The summed E-state index contributed by atoms with van der Waals surface area (Å²) in [7, 11) is 0. The Labute approximate surface area is 704 Å². The van der Waals surface area contributed by atoms with Gasteiger partial charge in [-0.1, -0.05) is 262 Å². The van der Waals surface area contributed by atoms with Crippen molar-refractivity contribution < 1.29 is 90.9 Å². The van der Waals surface area contributed by atoms with Gasteiger partial charge in [0.1, 0.15) is 0 Å². The fraction of sp³-hybridized carbons (Fsp3) is 0.287. The molecule has 0 fully saturated rings. The molecule has 0 spiro atoms. The number of benzene rings is 12. The molecule has 12 aromatic carbocycles. The van der Waals surface area contributed by atoms with E-state index >= 15 is 0 Å². The fourth-order valence-electron chi connectivity index (χ4n) is 12.6. The Morgan fingerprint density at radius 1 is 0.190 bits per heavy atom. The molecule has 3 radical (unpaired) electrons. The van der Waals surface area contributed by atoms with Crippen molar-refractivity contribution in [3.05, 3.63) is 323 Å². The molecule has 0 unspecified atom stereocenters. The van der Waals surface area contributed by atoms with Gasteiger partial charge in [-0.15, -0.1) is 81.9 Å². The number of hydrogen-bond donors (Lipinski definition) is 0. The largest absolute Gasteiger partial charge is 2.00 e. The minimum Gasteiger partial charge on any atom is -0.226 e. The third-order valence-corrected chi connectivity index (χ3v) is 16.1. The maximum absolute atomic E-state index is 3.73. The van der Waals surface area contributed by atoms with Crippen molar-refractivity contribution in [3.63, 3.8) is 0 Å². The van der Waals surface area contributed by atoms with Crippen LogP contribution >= 0.6 is 0 Å². The first-order valence-corrected chi connectivity index (χ1v) is 38.7. The van der Waals surface area contributed by atoms with Crippen molar-refractivity contribution in [1.82, 2.24) is 0 Å². The molecular formula is C101H118V2WY-2. The molecule has 0 bridgehead atoms. The van der Waals surface area contributed by atoms with Crippen LogP contribution in [0.2, 0.25) is 0 Å². The van der Waals surface area contributed by atoms with Crippen molar-refractivity contribution >= 4 is 0 Å². The second kappa shape index (κ2) is 56.8. The van der Waals surface area contributed by atoms with Crippen LogP contribution in [-0.4, -0.2) is 0 Å². The van der Waals surface area contributed by atoms with E-state index in [1.165, 1.54) is 117 Å². The topological polar surface area (TPSA) is 0 Å². The maximum atomic E-state index is 3.73. The molecule has 0 saturated heterocycles. The predicted molar refractivity (Wildman–Crippen MR) is 449 cm³/mol. The molecule has 543 valence electrons. The molecule has 4 heteroatoms. The van der Waals surface area contributed by atoms with Crippen molar-refractivity contribution in [3.8, 4) is 100 Å². The molecule has 5 aliphatic rings. The van der Waals surface area contributed by atoms with E-state index in [-0.39, 0.29) is 90.9 Å². The molecule has 0 saturated carbocycles. The van der Waals surface area contributed by atoms with Crippen molar-refractivity contribution in [2.45, 2.75) is 198 Å². The zero-order valence-corrected chi connectivity index (χ0v) is 76.8. The van der Waals surface area contributed by atoms with Gasteiger partial charge in [-0.3, -0.25) is 0 Å². The summed E-state index contributed by atoms with van der Waals surface area (Å²) in [6.07, 6.45) is 5.05.